The summed E-state index contributed by atoms with van der Waals surface area (Å²) < 4.78 is 23.5. The molecular weight excluding hydrogens is 996 g/mol. The molecule has 0 aliphatic heterocycles. The number of hydrogen-bond donors (Lipinski definition) is 2. The van der Waals surface area contributed by atoms with Crippen LogP contribution >= 0.6 is 7.82 Å². The van der Waals surface area contributed by atoms with Crippen LogP contribution in [0.15, 0.2) is 12.2 Å². The van der Waals surface area contributed by atoms with Crippen LogP contribution in [-0.2, 0) is 18.4 Å². The van der Waals surface area contributed by atoms with Gasteiger partial charge in [0.25, 0.3) is 7.82 Å². The molecule has 0 bridgehead atoms. The van der Waals surface area contributed by atoms with Gasteiger partial charge in [-0.15, -0.1) is 0 Å². The molecule has 1 amide bonds. The number of amides is 1. The summed E-state index contributed by atoms with van der Waals surface area (Å²) in [5, 5.41) is 14.1. The molecule has 79 heavy (non-hydrogen) atoms. The van der Waals surface area contributed by atoms with E-state index in [-0.39, 0.29) is 19.1 Å². The number of likely N-dealkylation sites (N-methyl/N-ethyl adjacent to an activating group) is 1. The Morgan fingerprint density at radius 2 is 0.696 bits per heavy atom. The quantitative estimate of drug-likeness (QED) is 0.0272. The normalized spacial score (nSPS) is 13.7. The zero-order chi connectivity index (χ0) is 57.7. The number of hydrogen-bond acceptors (Lipinski definition) is 6. The van der Waals surface area contributed by atoms with Gasteiger partial charge in [-0.05, 0) is 38.5 Å². The fourth-order valence-electron chi connectivity index (χ4n) is 11.2. The van der Waals surface area contributed by atoms with Crippen molar-refractivity contribution in [2.24, 2.45) is 0 Å². The Hall–Kier alpha value is -0.760. The highest BCUT2D eigenvalue weighted by atomic mass is 31.2. The summed E-state index contributed by atoms with van der Waals surface area (Å²) in [4.78, 5) is 25.7. The second kappa shape index (κ2) is 61.8. The topological polar surface area (TPSA) is 108 Å². The highest BCUT2D eigenvalue weighted by Gasteiger charge is 2.24. The molecule has 0 aliphatic carbocycles. The van der Waals surface area contributed by atoms with Gasteiger partial charge in [-0.25, -0.2) is 0 Å². The van der Waals surface area contributed by atoms with Gasteiger partial charge in [0.15, 0.2) is 0 Å². The molecule has 8 nitrogen and oxygen atoms in total. The predicted octanol–water partition coefficient (Wildman–Crippen LogP) is 21.9. The summed E-state index contributed by atoms with van der Waals surface area (Å²) in [6.07, 6.45) is 78.7. The van der Waals surface area contributed by atoms with E-state index in [4.69, 9.17) is 9.05 Å². The van der Waals surface area contributed by atoms with Crippen LogP contribution in [0.4, 0.5) is 0 Å². The summed E-state index contributed by atoms with van der Waals surface area (Å²) in [7, 11) is 1.33. The van der Waals surface area contributed by atoms with Gasteiger partial charge in [-0.3, -0.25) is 9.36 Å². The molecule has 0 aliphatic rings. The lowest BCUT2D eigenvalue weighted by molar-refractivity contribution is -0.870. The van der Waals surface area contributed by atoms with E-state index in [0.717, 1.165) is 38.5 Å². The highest BCUT2D eigenvalue weighted by Crippen LogP contribution is 2.38. The number of phosphoric ester groups is 1. The lowest BCUT2D eigenvalue weighted by Crippen LogP contribution is -2.46. The number of unbranched alkanes of at least 4 members (excludes halogenated alkanes) is 52. The zero-order valence-corrected chi connectivity index (χ0v) is 55.0. The van der Waals surface area contributed by atoms with Crippen molar-refractivity contribution in [1.82, 2.24) is 5.32 Å². The number of allylic oxidation sites excluding steroid dienone is 2. The van der Waals surface area contributed by atoms with Gasteiger partial charge in [0, 0.05) is 6.42 Å². The van der Waals surface area contributed by atoms with E-state index in [2.05, 4.69) is 31.3 Å². The summed E-state index contributed by atoms with van der Waals surface area (Å²) in [5.41, 5.74) is 0. The first-order valence-corrected chi connectivity index (χ1v) is 37.0. The van der Waals surface area contributed by atoms with Gasteiger partial charge < -0.3 is 28.8 Å². The Labute approximate surface area is 494 Å². The number of aliphatic hydroxyl groups is 1. The summed E-state index contributed by atoms with van der Waals surface area (Å²) in [5.74, 6) is -0.155. The monoisotopic (exact) mass is 1140 g/mol. The fraction of sp³-hybridized carbons (Fsp3) is 0.957. The van der Waals surface area contributed by atoms with E-state index in [1.165, 1.54) is 315 Å². The molecule has 0 fully saturated rings. The molecule has 2 N–H and O–H groups in total. The number of carbonyl (C=O) groups excluding carboxylic acids is 1. The van der Waals surface area contributed by atoms with E-state index in [1.807, 2.05) is 21.1 Å². The lowest BCUT2D eigenvalue weighted by atomic mass is 10.0. The fourth-order valence-corrected chi connectivity index (χ4v) is 11.9. The molecule has 0 aromatic heterocycles. The van der Waals surface area contributed by atoms with Crippen LogP contribution in [-0.4, -0.2) is 68.5 Å². The molecule has 472 valence electrons. The number of nitrogens with zero attached hydrogens (tertiary/aromatic N) is 1. The van der Waals surface area contributed by atoms with E-state index < -0.39 is 20.0 Å². The molecule has 0 saturated heterocycles. The average molecular weight is 1140 g/mol. The molecule has 9 heteroatoms. The Bertz CT molecular complexity index is 1290. The second-order valence-electron chi connectivity index (χ2n) is 26.0. The number of rotatable bonds is 67. The third kappa shape index (κ3) is 64.7. The first-order valence-electron chi connectivity index (χ1n) is 35.5. The minimum absolute atomic E-state index is 0.0157. The predicted molar refractivity (Wildman–Crippen MR) is 344 cm³/mol. The third-order valence-electron chi connectivity index (χ3n) is 16.8. The SMILES string of the molecule is CCCCCCCCCCCCCC/C=C\CCCCCCCCCCCCCCCCCCC(=O)NC(COP(=O)([O-])OCC[N+](C)(C)C)C(O)CCCCCCCCCCCCCCCCCCCCCCCCCCC. The molecule has 0 saturated carbocycles. The maximum absolute atomic E-state index is 13.1. The Balaban J connectivity index is 3.98. The summed E-state index contributed by atoms with van der Waals surface area (Å²) in [6, 6.07) is -0.799. The standard InChI is InChI=1S/C70H141N2O6P/c1-6-8-10-12-14-16-18-20-22-24-26-28-30-32-33-34-35-36-37-38-40-42-44-46-48-50-52-54-56-58-60-62-64-70(74)71-68(67-78-79(75,76)77-66-65-72(3,4)5)69(73)63-61-59-57-55-53-51-49-47-45-43-41-39-31-29-27-25-23-21-19-17-15-13-11-9-7-2/h32-33,68-69,73H,6-31,34-67H2,1-5H3,(H-,71,74,75,76)/b33-32-. The van der Waals surface area contributed by atoms with Crippen molar-refractivity contribution in [3.05, 3.63) is 12.2 Å². The molecule has 0 spiro atoms. The minimum atomic E-state index is -4.58. The Kier molecular flexibility index (Phi) is 61.2. The molecule has 3 atom stereocenters. The van der Waals surface area contributed by atoms with Crippen LogP contribution in [0.2, 0.25) is 0 Å². The number of carbonyl (C=O) groups is 1. The number of phosphoric acid groups is 1. The summed E-state index contributed by atoms with van der Waals surface area (Å²) >= 11 is 0. The second-order valence-corrected chi connectivity index (χ2v) is 27.4. The van der Waals surface area contributed by atoms with Gasteiger partial charge >= 0.3 is 0 Å². The zero-order valence-electron chi connectivity index (χ0n) is 54.1. The first-order chi connectivity index (χ1) is 38.5. The summed E-state index contributed by atoms with van der Waals surface area (Å²) in [6.45, 7) is 4.79. The average Bonchev–Trinajstić information content (AvgIpc) is 3.42. The third-order valence-corrected chi connectivity index (χ3v) is 17.7. The van der Waals surface area contributed by atoms with Crippen molar-refractivity contribution in [2.75, 3.05) is 40.9 Å². The van der Waals surface area contributed by atoms with Crippen molar-refractivity contribution < 1.29 is 32.9 Å². The molecule has 0 radical (unpaired) electrons. The first kappa shape index (κ1) is 78.2. The maximum atomic E-state index is 13.1. The smallest absolute Gasteiger partial charge is 0.268 e. The van der Waals surface area contributed by atoms with Crippen molar-refractivity contribution >= 4 is 13.7 Å². The molecule has 0 aromatic rings. The maximum Gasteiger partial charge on any atom is 0.268 e. The van der Waals surface area contributed by atoms with E-state index in [0.29, 0.717) is 23.9 Å². The Morgan fingerprint density at radius 3 is 0.987 bits per heavy atom. The molecular formula is C70H141N2O6P. The molecule has 0 heterocycles. The minimum Gasteiger partial charge on any atom is -0.756 e. The van der Waals surface area contributed by atoms with Crippen LogP contribution in [0.5, 0.6) is 0 Å². The van der Waals surface area contributed by atoms with Gasteiger partial charge in [-0.1, -0.05) is 347 Å². The molecule has 0 rings (SSSR count). The van der Waals surface area contributed by atoms with Crippen LogP contribution < -0.4 is 10.2 Å². The van der Waals surface area contributed by atoms with E-state index in [9.17, 15) is 19.4 Å². The highest BCUT2D eigenvalue weighted by molar-refractivity contribution is 7.45. The molecule has 3 unspecified atom stereocenters. The van der Waals surface area contributed by atoms with Gasteiger partial charge in [0.2, 0.25) is 5.91 Å². The van der Waals surface area contributed by atoms with Gasteiger partial charge in [0.05, 0.1) is 39.9 Å². The number of quaternary nitrogens is 1. The lowest BCUT2D eigenvalue weighted by Gasteiger charge is -2.30. The van der Waals surface area contributed by atoms with Crippen LogP contribution in [0.25, 0.3) is 0 Å². The Morgan fingerprint density at radius 1 is 0.430 bits per heavy atom. The van der Waals surface area contributed by atoms with Crippen molar-refractivity contribution in [3.8, 4) is 0 Å². The van der Waals surface area contributed by atoms with Crippen molar-refractivity contribution in [1.29, 1.82) is 0 Å². The molecule has 0 aromatic carbocycles. The van der Waals surface area contributed by atoms with Gasteiger partial charge in [-0.2, -0.15) is 0 Å². The number of nitrogens with one attached hydrogen (secondary N) is 1. The van der Waals surface area contributed by atoms with Crippen molar-refractivity contribution in [3.63, 3.8) is 0 Å². The van der Waals surface area contributed by atoms with Crippen LogP contribution in [0.3, 0.4) is 0 Å². The van der Waals surface area contributed by atoms with Crippen LogP contribution in [0, 0.1) is 0 Å². The van der Waals surface area contributed by atoms with E-state index in [1.54, 1.807) is 0 Å². The van der Waals surface area contributed by atoms with E-state index >= 15 is 0 Å². The van der Waals surface area contributed by atoms with Gasteiger partial charge in [0.1, 0.15) is 13.2 Å². The van der Waals surface area contributed by atoms with Crippen molar-refractivity contribution in [2.45, 2.75) is 392 Å². The van der Waals surface area contributed by atoms with Crippen LogP contribution in [0.1, 0.15) is 380 Å². The largest absolute Gasteiger partial charge is 0.756 e. The number of aliphatic hydroxyl groups excluding tert-OH is 1.